The summed E-state index contributed by atoms with van der Waals surface area (Å²) in [6.45, 7) is 14.5. The van der Waals surface area contributed by atoms with Crippen molar-refractivity contribution in [2.45, 2.75) is 117 Å². The molecule has 6 aromatic carbocycles. The van der Waals surface area contributed by atoms with Gasteiger partial charge in [-0.05, 0) is 159 Å². The number of aliphatic hydroxyl groups excluding tert-OH is 4. The molecule has 34 heteroatoms. The molecule has 132 heavy (non-hydrogen) atoms. The summed E-state index contributed by atoms with van der Waals surface area (Å²) in [5.74, 6) is -6.30. The maximum Gasteiger partial charge on any atom is 0.352 e. The topological polar surface area (TPSA) is 488 Å². The fraction of sp³-hybridized carbons (Fsp3) is 0.306. The number of benzene rings is 6. The van der Waals surface area contributed by atoms with Gasteiger partial charge in [0.25, 0.3) is 0 Å². The predicted octanol–water partition coefficient (Wildman–Crippen LogP) is 9.74. The lowest BCUT2D eigenvalue weighted by Gasteiger charge is -2.46. The molecule has 4 saturated heterocycles. The van der Waals surface area contributed by atoms with Gasteiger partial charge in [0, 0.05) is 105 Å². The fourth-order valence-corrected chi connectivity index (χ4v) is 18.5. The molecule has 4 aromatic heterocycles. The summed E-state index contributed by atoms with van der Waals surface area (Å²) in [6, 6.07) is 45.9. The number of amides is 4. The Labute approximate surface area is 750 Å². The Balaban J connectivity index is 0.000000136. The van der Waals surface area contributed by atoms with E-state index in [-0.39, 0.29) is 127 Å². The highest BCUT2D eigenvalue weighted by Gasteiger charge is 2.63. The number of hydrogen-bond donors (Lipinski definition) is 8. The smallest absolute Gasteiger partial charge is 0.352 e. The molecule has 8 N–H and O–H groups in total. The second kappa shape index (κ2) is 38.0. The van der Waals surface area contributed by atoms with Crippen molar-refractivity contribution in [1.29, 1.82) is 0 Å². The first-order valence-electron chi connectivity index (χ1n) is 42.4. The summed E-state index contributed by atoms with van der Waals surface area (Å²) in [6.07, 6.45) is 3.36. The summed E-state index contributed by atoms with van der Waals surface area (Å²) >= 11 is 0. The molecule has 0 aliphatic carbocycles. The standard InChI is InChI=1S/C29H27NO8.C27H25NO8.C22H21NO7.C20H19NO7/c1-16-22(27(29(34)35)30-26(16)25(17(2)31)28(30)33)4-3-13-36-20-9-5-18(6-10-20)15-37-21-11-7-19-8-12-24(32)38-23(19)14-21;1-14-20(25(27(32)33)28-24(14)23(15(2)29)26(28)31)13-35-18-7-3-16(4-8-18)12-34-19-9-5-17-6-10-22(30)36-21(17)11-19;1-11-15(20(22(27)28)23-19(11)18(12(2)24)21(23)26)4-3-9-29-14-7-5-13-6-8-17(25)30-16(13)10-14;1-9-13(18(20(25)26)21-17(9)16(10(2)22)19(21)24)8-27-12-5-3-11-4-6-15(23)28-14(11)7-12/h3-12,14,16-17,25-26,31H,13,15H2,1-2H3,(H,34,35);3-11,14-15,23-24,29H,12-13H2,1-2H3,(H,32,33);3-8,10-12,18-19,24H,9H2,1-2H3,(H,27,28);3-7,9-10,16-17,22H,8H2,1-2H3,(H,25,26)/b4-3+;;4-3+;/t16-,17+,25+,26+;14-,15+,23+,24+;11-,12+,18+,19+;9-,10+,16+,17+/m0000/s1. The molecule has 18 rings (SSSR count). The highest BCUT2D eigenvalue weighted by Crippen LogP contribution is 2.52. The van der Waals surface area contributed by atoms with E-state index >= 15 is 0 Å². The molecule has 34 nitrogen and oxygen atoms in total. The molecule has 12 heterocycles. The fourth-order valence-electron chi connectivity index (χ4n) is 18.5. The summed E-state index contributed by atoms with van der Waals surface area (Å²) in [5, 5.41) is 81.4. The maximum atomic E-state index is 12.4. The predicted molar refractivity (Wildman–Crippen MR) is 470 cm³/mol. The van der Waals surface area contributed by atoms with Gasteiger partial charge >= 0.3 is 46.4 Å². The van der Waals surface area contributed by atoms with Crippen molar-refractivity contribution in [3.63, 3.8) is 0 Å². The molecule has 0 spiro atoms. The van der Waals surface area contributed by atoms with E-state index in [1.54, 1.807) is 136 Å². The third-order valence-corrected chi connectivity index (χ3v) is 25.0. The van der Waals surface area contributed by atoms with Gasteiger partial charge in [-0.2, -0.15) is 0 Å². The molecular formula is C98H92N4O30. The van der Waals surface area contributed by atoms with E-state index < -0.39 is 94.5 Å². The van der Waals surface area contributed by atoms with Gasteiger partial charge in [-0.25, -0.2) is 38.4 Å². The van der Waals surface area contributed by atoms with E-state index in [9.17, 15) is 98.4 Å². The quantitative estimate of drug-likeness (QED) is 0.0167. The van der Waals surface area contributed by atoms with Gasteiger partial charge in [-0.15, -0.1) is 0 Å². The second-order valence-electron chi connectivity index (χ2n) is 33.3. The van der Waals surface area contributed by atoms with E-state index in [1.807, 2.05) is 82.3 Å². The van der Waals surface area contributed by atoms with Gasteiger partial charge in [0.2, 0.25) is 23.6 Å². The zero-order valence-electron chi connectivity index (χ0n) is 72.3. The number of ether oxygens (including phenoxy) is 6. The van der Waals surface area contributed by atoms with E-state index in [0.29, 0.717) is 85.7 Å². The van der Waals surface area contributed by atoms with Gasteiger partial charge in [0.15, 0.2) is 0 Å². The van der Waals surface area contributed by atoms with E-state index in [1.165, 1.54) is 50.8 Å². The summed E-state index contributed by atoms with van der Waals surface area (Å²) in [5.41, 5.74) is 3.62. The Morgan fingerprint density at radius 1 is 0.318 bits per heavy atom. The Morgan fingerprint density at radius 3 is 0.841 bits per heavy atom. The van der Waals surface area contributed by atoms with Gasteiger partial charge in [0.05, 0.1) is 72.3 Å². The van der Waals surface area contributed by atoms with Crippen LogP contribution in [0.25, 0.3) is 43.9 Å². The van der Waals surface area contributed by atoms with E-state index in [0.717, 1.165) is 32.7 Å². The van der Waals surface area contributed by atoms with Crippen LogP contribution >= 0.6 is 0 Å². The first-order chi connectivity index (χ1) is 63.1. The molecule has 16 atom stereocenters. The minimum atomic E-state index is -1.20. The number of rotatable bonds is 28. The normalized spacial score (nSPS) is 22.9. The van der Waals surface area contributed by atoms with E-state index in [2.05, 4.69) is 0 Å². The molecule has 0 bridgehead atoms. The Kier molecular flexibility index (Phi) is 26.4. The molecule has 4 amide bonds. The molecule has 0 unspecified atom stereocenters. The Hall–Kier alpha value is -15.0. The molecule has 10 aromatic rings. The SMILES string of the molecule is C[C@@H](O)[C@H]1C(=O)N2C(C(=O)O)=C(/C=C/COc3ccc(COc4ccc5ccc(=O)oc5c4)cc3)[C@H](C)[C@H]12.C[C@@H](O)[C@H]1C(=O)N2C(C(=O)O)=C(/C=C/COc3ccc4ccc(=O)oc4c3)[C@H](C)[C@H]12.C[C@@H](O)[C@H]1C(=O)N2C(C(=O)O)=C(COc3ccc(COc4ccc5ccc(=O)oc5c4)cc3)[C@H](C)[C@H]12.C[C@@H](O)[C@H]1C(=O)N2C(C(=O)O)=C(COc3ccc4ccc(=O)oc4c3)[C@H](C)[C@H]12. The van der Waals surface area contributed by atoms with Crippen molar-refractivity contribution in [3.8, 4) is 34.5 Å². The van der Waals surface area contributed by atoms with Crippen LogP contribution in [0.1, 0.15) is 66.5 Å². The zero-order valence-corrected chi connectivity index (χ0v) is 72.3. The van der Waals surface area contributed by atoms with Crippen LogP contribution in [0.2, 0.25) is 0 Å². The number of carboxylic acids is 4. The minimum Gasteiger partial charge on any atom is -0.490 e. The number of allylic oxidation sites excluding steroid dienone is 2. The van der Waals surface area contributed by atoms with Crippen molar-refractivity contribution >= 4 is 91.4 Å². The average molecular weight is 1810 g/mol. The monoisotopic (exact) mass is 1800 g/mol. The molecule has 8 aliphatic rings. The van der Waals surface area contributed by atoms with Crippen molar-refractivity contribution in [2.24, 2.45) is 47.3 Å². The van der Waals surface area contributed by atoms with Crippen LogP contribution in [0.15, 0.2) is 276 Å². The van der Waals surface area contributed by atoms with Crippen LogP contribution in [0.5, 0.6) is 34.5 Å². The van der Waals surface area contributed by atoms with Crippen LogP contribution < -0.4 is 50.9 Å². The molecular weight excluding hydrogens is 1710 g/mol. The van der Waals surface area contributed by atoms with E-state index in [4.69, 9.17) is 46.1 Å². The van der Waals surface area contributed by atoms with Crippen LogP contribution in [-0.4, -0.2) is 183 Å². The second-order valence-corrected chi connectivity index (χ2v) is 33.3. The van der Waals surface area contributed by atoms with Gasteiger partial charge in [-0.3, -0.25) is 19.2 Å². The number of β-lactam (4-membered cyclic amide) rings is 4. The number of aliphatic carboxylic acids is 4. The Morgan fingerprint density at radius 2 is 0.553 bits per heavy atom. The highest BCUT2D eigenvalue weighted by molar-refractivity contribution is 6.03. The third kappa shape index (κ3) is 18.1. The number of hydrogen-bond acceptors (Lipinski definition) is 26. The summed E-state index contributed by atoms with van der Waals surface area (Å²) in [7, 11) is 0. The Bertz CT molecular complexity index is 6730. The highest BCUT2D eigenvalue weighted by atomic mass is 16.5. The lowest BCUT2D eigenvalue weighted by Crippen LogP contribution is -2.63. The molecule has 0 radical (unpaired) electrons. The first kappa shape index (κ1) is 91.7. The molecule has 0 saturated carbocycles. The molecule has 684 valence electrons. The average Bonchev–Trinajstić information content (AvgIpc) is 1.57. The van der Waals surface area contributed by atoms with Crippen LogP contribution in [0.3, 0.4) is 0 Å². The number of aliphatic hydroxyl groups is 4. The number of nitrogens with zero attached hydrogens (tertiary/aromatic N) is 4. The van der Waals surface area contributed by atoms with Gasteiger partial charge < -0.3 is 107 Å². The zero-order chi connectivity index (χ0) is 94.3. The lowest BCUT2D eigenvalue weighted by atomic mass is 9.78. The number of carbonyl (C=O) groups is 8. The number of carboxylic acid groups (broad SMARTS) is 4. The molecule has 8 aliphatic heterocycles. The van der Waals surface area contributed by atoms with Crippen molar-refractivity contribution in [1.82, 2.24) is 19.6 Å². The largest absolute Gasteiger partial charge is 0.490 e. The van der Waals surface area contributed by atoms with Crippen LogP contribution in [-0.2, 0) is 51.6 Å². The number of fused-ring (bicyclic) bond motifs is 8. The first-order valence-corrected chi connectivity index (χ1v) is 42.4. The van der Waals surface area contributed by atoms with Crippen LogP contribution in [0, 0.1) is 47.3 Å². The lowest BCUT2D eigenvalue weighted by molar-refractivity contribution is -0.163. The maximum absolute atomic E-state index is 12.4. The van der Waals surface area contributed by atoms with Crippen molar-refractivity contribution < 1.29 is 125 Å². The van der Waals surface area contributed by atoms with Gasteiger partial charge in [-0.1, -0.05) is 64.1 Å². The van der Waals surface area contributed by atoms with Crippen LogP contribution in [0.4, 0.5) is 0 Å². The van der Waals surface area contributed by atoms with Gasteiger partial charge in [0.1, 0.15) is 119 Å². The minimum absolute atomic E-state index is 0.0216. The number of carbonyl (C=O) groups excluding carboxylic acids is 4. The summed E-state index contributed by atoms with van der Waals surface area (Å²) in [4.78, 5) is 147. The van der Waals surface area contributed by atoms with Crippen molar-refractivity contribution in [2.75, 3.05) is 26.4 Å². The summed E-state index contributed by atoms with van der Waals surface area (Å²) < 4.78 is 55.3. The molecule has 4 fully saturated rings. The van der Waals surface area contributed by atoms with Crippen molar-refractivity contribution in [3.05, 3.63) is 292 Å². The third-order valence-electron chi connectivity index (χ3n) is 25.0.